The summed E-state index contributed by atoms with van der Waals surface area (Å²) in [5, 5.41) is 2.52. The molecule has 24 heavy (non-hydrogen) atoms. The predicted octanol–water partition coefficient (Wildman–Crippen LogP) is 2.68. The van der Waals surface area contributed by atoms with Gasteiger partial charge in [0.2, 0.25) is 0 Å². The minimum Gasteiger partial charge on any atom is -0.349 e. The first-order chi connectivity index (χ1) is 11.3. The average Bonchev–Trinajstić information content (AvgIpc) is 2.52. The molecule has 8 heteroatoms. The van der Waals surface area contributed by atoms with Crippen LogP contribution in [0.15, 0.2) is 60.0 Å². The minimum absolute atomic E-state index is 0.0104. The molecule has 0 saturated heterocycles. The predicted molar refractivity (Wildman–Crippen MR) is 86.1 cm³/mol. The van der Waals surface area contributed by atoms with Crippen molar-refractivity contribution < 1.29 is 22.0 Å². The molecule has 0 atom stereocenters. The van der Waals surface area contributed by atoms with Crippen LogP contribution in [-0.4, -0.2) is 20.9 Å². The molecule has 1 amide bonds. The Labute approximate surface area is 138 Å². The maximum atomic E-state index is 13.2. The van der Waals surface area contributed by atoms with Crippen molar-refractivity contribution in [1.82, 2.24) is 5.32 Å². The number of sulfonamides is 1. The summed E-state index contributed by atoms with van der Waals surface area (Å²) in [6, 6.07) is 7.81. The van der Waals surface area contributed by atoms with Gasteiger partial charge in [0, 0.05) is 12.6 Å². The van der Waals surface area contributed by atoms with Gasteiger partial charge in [0.1, 0.15) is 11.6 Å². The summed E-state index contributed by atoms with van der Waals surface area (Å²) < 4.78 is 53.2. The van der Waals surface area contributed by atoms with Crippen LogP contribution in [0.25, 0.3) is 0 Å². The maximum Gasteiger partial charge on any atom is 0.262 e. The summed E-state index contributed by atoms with van der Waals surface area (Å²) in [4.78, 5) is 11.5. The van der Waals surface area contributed by atoms with Crippen molar-refractivity contribution in [2.75, 3.05) is 11.3 Å². The molecule has 0 fully saturated rings. The van der Waals surface area contributed by atoms with Crippen LogP contribution in [0.4, 0.5) is 14.5 Å². The van der Waals surface area contributed by atoms with Crippen LogP contribution >= 0.6 is 0 Å². The molecule has 0 spiro atoms. The number of carbonyl (C=O) groups is 1. The van der Waals surface area contributed by atoms with E-state index in [2.05, 4.69) is 16.6 Å². The van der Waals surface area contributed by atoms with E-state index in [9.17, 15) is 22.0 Å². The van der Waals surface area contributed by atoms with Gasteiger partial charge in [-0.3, -0.25) is 9.52 Å². The number of nitrogens with one attached hydrogen (secondary N) is 2. The van der Waals surface area contributed by atoms with Crippen molar-refractivity contribution in [3.8, 4) is 0 Å². The van der Waals surface area contributed by atoms with E-state index in [4.69, 9.17) is 0 Å². The molecule has 0 heterocycles. The van der Waals surface area contributed by atoms with Gasteiger partial charge in [-0.05, 0) is 24.3 Å². The van der Waals surface area contributed by atoms with Gasteiger partial charge < -0.3 is 5.32 Å². The summed E-state index contributed by atoms with van der Waals surface area (Å²) in [7, 11) is -4.27. The van der Waals surface area contributed by atoms with Crippen LogP contribution < -0.4 is 10.0 Å². The van der Waals surface area contributed by atoms with Crippen LogP contribution in [0.1, 0.15) is 10.4 Å². The van der Waals surface area contributed by atoms with Crippen molar-refractivity contribution in [3.05, 3.63) is 72.3 Å². The fourth-order valence-electron chi connectivity index (χ4n) is 1.92. The number of halogens is 2. The summed E-state index contributed by atoms with van der Waals surface area (Å²) in [5.41, 5.74) is 0.0588. The van der Waals surface area contributed by atoms with Crippen LogP contribution in [0, 0.1) is 11.6 Å². The minimum atomic E-state index is -4.27. The Morgan fingerprint density at radius 3 is 2.38 bits per heavy atom. The highest BCUT2D eigenvalue weighted by Gasteiger charge is 2.20. The van der Waals surface area contributed by atoms with Crippen molar-refractivity contribution in [1.29, 1.82) is 0 Å². The molecule has 0 unspecified atom stereocenters. The lowest BCUT2D eigenvalue weighted by molar-refractivity contribution is 0.0959. The van der Waals surface area contributed by atoms with E-state index < -0.39 is 32.5 Å². The van der Waals surface area contributed by atoms with Crippen molar-refractivity contribution in [3.63, 3.8) is 0 Å². The lowest BCUT2D eigenvalue weighted by Crippen LogP contribution is -2.25. The highest BCUT2D eigenvalue weighted by molar-refractivity contribution is 7.92. The SMILES string of the molecule is C=CCNC(=O)c1ccccc1NS(=O)(=O)c1cc(F)cc(F)c1. The second-order valence-electron chi connectivity index (χ2n) is 4.75. The smallest absolute Gasteiger partial charge is 0.262 e. The zero-order valence-corrected chi connectivity index (χ0v) is 13.2. The van der Waals surface area contributed by atoms with E-state index in [1.54, 1.807) is 6.07 Å². The lowest BCUT2D eigenvalue weighted by Gasteiger charge is -2.12. The molecule has 2 rings (SSSR count). The average molecular weight is 352 g/mol. The summed E-state index contributed by atoms with van der Waals surface area (Å²) in [6.07, 6.45) is 1.47. The van der Waals surface area contributed by atoms with Crippen molar-refractivity contribution in [2.24, 2.45) is 0 Å². The number of rotatable bonds is 6. The van der Waals surface area contributed by atoms with E-state index in [1.165, 1.54) is 24.3 Å². The summed E-state index contributed by atoms with van der Waals surface area (Å²) in [6.45, 7) is 3.67. The number of anilines is 1. The molecule has 0 aliphatic rings. The topological polar surface area (TPSA) is 75.3 Å². The molecule has 5 nitrogen and oxygen atoms in total. The largest absolute Gasteiger partial charge is 0.349 e. The normalized spacial score (nSPS) is 10.9. The second kappa shape index (κ2) is 7.22. The third-order valence-corrected chi connectivity index (χ3v) is 4.31. The second-order valence-corrected chi connectivity index (χ2v) is 6.44. The van der Waals surface area contributed by atoms with Crippen LogP contribution in [0.5, 0.6) is 0 Å². The van der Waals surface area contributed by atoms with Crippen LogP contribution in [-0.2, 0) is 10.0 Å². The number of hydrogen-bond acceptors (Lipinski definition) is 3. The van der Waals surface area contributed by atoms with E-state index in [-0.39, 0.29) is 17.8 Å². The molecule has 2 N–H and O–H groups in total. The number of carbonyl (C=O) groups excluding carboxylic acids is 1. The third kappa shape index (κ3) is 4.17. The van der Waals surface area contributed by atoms with Crippen LogP contribution in [0.2, 0.25) is 0 Å². The van der Waals surface area contributed by atoms with E-state index in [1.807, 2.05) is 0 Å². The van der Waals surface area contributed by atoms with Gasteiger partial charge in [-0.25, -0.2) is 17.2 Å². The van der Waals surface area contributed by atoms with Crippen molar-refractivity contribution in [2.45, 2.75) is 4.90 Å². The molecular weight excluding hydrogens is 338 g/mol. The number of hydrogen-bond donors (Lipinski definition) is 2. The Bertz CT molecular complexity index is 862. The zero-order valence-electron chi connectivity index (χ0n) is 12.4. The van der Waals surface area contributed by atoms with Gasteiger partial charge in [0.05, 0.1) is 16.1 Å². The molecule has 0 aromatic heterocycles. The Balaban J connectivity index is 2.36. The molecule has 126 valence electrons. The van der Waals surface area contributed by atoms with Gasteiger partial charge >= 0.3 is 0 Å². The molecular formula is C16H14F2N2O3S. The molecule has 0 aliphatic heterocycles. The Morgan fingerprint density at radius 2 is 1.75 bits per heavy atom. The molecule has 0 saturated carbocycles. The van der Waals surface area contributed by atoms with E-state index in [0.29, 0.717) is 18.2 Å². The molecule has 0 radical (unpaired) electrons. The van der Waals surface area contributed by atoms with Gasteiger partial charge in [-0.1, -0.05) is 18.2 Å². The standard InChI is InChI=1S/C16H14F2N2O3S/c1-2-7-19-16(21)14-5-3-4-6-15(14)20-24(22,23)13-9-11(17)8-12(18)10-13/h2-6,8-10,20H,1,7H2,(H,19,21). The summed E-state index contributed by atoms with van der Waals surface area (Å²) in [5.74, 6) is -2.56. The van der Waals surface area contributed by atoms with Gasteiger partial charge in [0.25, 0.3) is 15.9 Å². The highest BCUT2D eigenvalue weighted by atomic mass is 32.2. The van der Waals surface area contributed by atoms with Crippen molar-refractivity contribution >= 4 is 21.6 Å². The van der Waals surface area contributed by atoms with E-state index >= 15 is 0 Å². The Hall–Kier alpha value is -2.74. The fraction of sp³-hybridized carbons (Fsp3) is 0.0625. The molecule has 0 bridgehead atoms. The highest BCUT2D eigenvalue weighted by Crippen LogP contribution is 2.21. The van der Waals surface area contributed by atoms with Gasteiger partial charge in [-0.15, -0.1) is 6.58 Å². The zero-order chi connectivity index (χ0) is 17.7. The lowest BCUT2D eigenvalue weighted by atomic mass is 10.1. The number of para-hydroxylation sites is 1. The maximum absolute atomic E-state index is 13.2. The Kier molecular flexibility index (Phi) is 5.30. The monoisotopic (exact) mass is 352 g/mol. The van der Waals surface area contributed by atoms with E-state index in [0.717, 1.165) is 0 Å². The van der Waals surface area contributed by atoms with Gasteiger partial charge in [0.15, 0.2) is 0 Å². The first kappa shape index (κ1) is 17.6. The van der Waals surface area contributed by atoms with Gasteiger partial charge in [-0.2, -0.15) is 0 Å². The van der Waals surface area contributed by atoms with Crippen LogP contribution in [0.3, 0.4) is 0 Å². The first-order valence-corrected chi connectivity index (χ1v) is 8.29. The number of amides is 1. The summed E-state index contributed by atoms with van der Waals surface area (Å²) >= 11 is 0. The molecule has 0 aliphatic carbocycles. The molecule has 2 aromatic rings. The third-order valence-electron chi connectivity index (χ3n) is 2.97. The number of benzene rings is 2. The quantitative estimate of drug-likeness (QED) is 0.785. The first-order valence-electron chi connectivity index (χ1n) is 6.80. The Morgan fingerprint density at radius 1 is 1.12 bits per heavy atom. The molecule has 2 aromatic carbocycles. The fourth-order valence-corrected chi connectivity index (χ4v) is 3.04.